The van der Waals surface area contributed by atoms with Gasteiger partial charge in [-0.05, 0) is 28.1 Å². The summed E-state index contributed by atoms with van der Waals surface area (Å²) in [6.07, 6.45) is 0.615. The van der Waals surface area contributed by atoms with Crippen molar-refractivity contribution in [3.05, 3.63) is 67.9 Å². The van der Waals surface area contributed by atoms with Crippen molar-refractivity contribution in [1.82, 2.24) is 0 Å². The molecule has 2 aromatic rings. The molecule has 108 valence electrons. The highest BCUT2D eigenvalue weighted by atomic mass is 79.9. The number of benzene rings is 2. The molecule has 0 aliphatic heterocycles. The van der Waals surface area contributed by atoms with Crippen molar-refractivity contribution in [1.29, 1.82) is 0 Å². The molecule has 0 N–H and O–H groups in total. The predicted molar refractivity (Wildman–Crippen MR) is 76.9 cm³/mol. The summed E-state index contributed by atoms with van der Waals surface area (Å²) in [4.78, 5) is 20.8. The van der Waals surface area contributed by atoms with Gasteiger partial charge in [0.05, 0.1) is 15.0 Å². The van der Waals surface area contributed by atoms with Crippen LogP contribution in [0.4, 0.5) is 10.1 Å². The molecule has 7 heteroatoms. The van der Waals surface area contributed by atoms with E-state index in [9.17, 15) is 19.3 Å². The van der Waals surface area contributed by atoms with Gasteiger partial charge in [-0.25, -0.2) is 0 Å². The molecule has 0 unspecified atom stereocenters. The van der Waals surface area contributed by atoms with Crippen LogP contribution in [0.1, 0.15) is 15.9 Å². The van der Waals surface area contributed by atoms with Gasteiger partial charge in [-0.15, -0.1) is 0 Å². The van der Waals surface area contributed by atoms with Gasteiger partial charge in [0, 0.05) is 11.6 Å². The van der Waals surface area contributed by atoms with Gasteiger partial charge in [-0.2, -0.15) is 4.39 Å². The highest BCUT2D eigenvalue weighted by Gasteiger charge is 2.18. The Labute approximate surface area is 127 Å². The van der Waals surface area contributed by atoms with Crippen LogP contribution in [0, 0.1) is 15.9 Å². The number of rotatable bonds is 5. The maximum Gasteiger partial charge on any atom is 0.305 e. The van der Waals surface area contributed by atoms with Crippen LogP contribution in [-0.4, -0.2) is 11.2 Å². The predicted octanol–water partition coefficient (Wildman–Crippen LogP) is 3.89. The lowest BCUT2D eigenvalue weighted by Gasteiger charge is -2.10. The SMILES string of the molecule is O=Cc1cccc(Br)c1OCc1cccc([N+](=O)[O-])c1F. The summed E-state index contributed by atoms with van der Waals surface area (Å²) in [5.74, 6) is -0.680. The molecule has 2 aromatic carbocycles. The van der Waals surface area contributed by atoms with Gasteiger partial charge in [-0.3, -0.25) is 14.9 Å². The second kappa shape index (κ2) is 6.45. The number of para-hydroxylation sites is 1. The van der Waals surface area contributed by atoms with E-state index in [1.54, 1.807) is 18.2 Å². The Kier molecular flexibility index (Phi) is 4.64. The summed E-state index contributed by atoms with van der Waals surface area (Å²) < 4.78 is 19.9. The van der Waals surface area contributed by atoms with Crippen LogP contribution in [0.5, 0.6) is 5.75 Å². The molecule has 0 aliphatic rings. The number of carbonyl (C=O) groups excluding carboxylic acids is 1. The summed E-state index contributed by atoms with van der Waals surface area (Å²) in [6, 6.07) is 8.73. The minimum absolute atomic E-state index is 0.0387. The first-order chi connectivity index (χ1) is 10.0. The fourth-order valence-corrected chi connectivity index (χ4v) is 2.24. The summed E-state index contributed by atoms with van der Waals surface area (Å²) in [5, 5.41) is 10.7. The van der Waals surface area contributed by atoms with E-state index >= 15 is 0 Å². The standard InChI is InChI=1S/C14H9BrFNO4/c15-11-5-1-3-9(7-18)14(11)21-8-10-4-2-6-12(13(10)16)17(19)20/h1-7H,8H2. The zero-order valence-electron chi connectivity index (χ0n) is 10.6. The monoisotopic (exact) mass is 353 g/mol. The Hall–Kier alpha value is -2.28. The number of aldehydes is 1. The number of ether oxygens (including phenoxy) is 1. The summed E-state index contributed by atoms with van der Waals surface area (Å²) in [7, 11) is 0. The van der Waals surface area contributed by atoms with E-state index in [4.69, 9.17) is 4.74 Å². The average molecular weight is 354 g/mol. The maximum atomic E-state index is 13.9. The van der Waals surface area contributed by atoms with Gasteiger partial charge in [0.25, 0.3) is 0 Å². The van der Waals surface area contributed by atoms with Crippen LogP contribution in [0.2, 0.25) is 0 Å². The topological polar surface area (TPSA) is 69.4 Å². The zero-order valence-corrected chi connectivity index (χ0v) is 12.2. The molecule has 0 amide bonds. The summed E-state index contributed by atoms with van der Waals surface area (Å²) in [6.45, 7) is -0.225. The van der Waals surface area contributed by atoms with Crippen molar-refractivity contribution in [3.63, 3.8) is 0 Å². The van der Waals surface area contributed by atoms with E-state index in [1.165, 1.54) is 12.1 Å². The second-order valence-corrected chi connectivity index (χ2v) is 4.93. The van der Waals surface area contributed by atoms with E-state index in [-0.39, 0.29) is 17.9 Å². The van der Waals surface area contributed by atoms with E-state index in [2.05, 4.69) is 15.9 Å². The molecule has 0 heterocycles. The number of carbonyl (C=O) groups is 1. The highest BCUT2D eigenvalue weighted by Crippen LogP contribution is 2.29. The van der Waals surface area contributed by atoms with Crippen LogP contribution < -0.4 is 4.74 Å². The van der Waals surface area contributed by atoms with Gasteiger partial charge in [0.2, 0.25) is 5.82 Å². The van der Waals surface area contributed by atoms with Crippen LogP contribution in [0.15, 0.2) is 40.9 Å². The molecule has 0 atom stereocenters. The van der Waals surface area contributed by atoms with Crippen LogP contribution in [-0.2, 0) is 6.61 Å². The molecule has 5 nitrogen and oxygen atoms in total. The second-order valence-electron chi connectivity index (χ2n) is 4.07. The van der Waals surface area contributed by atoms with E-state index in [1.807, 2.05) is 0 Å². The Morgan fingerprint density at radius 3 is 2.67 bits per heavy atom. The highest BCUT2D eigenvalue weighted by molar-refractivity contribution is 9.10. The van der Waals surface area contributed by atoms with Gasteiger partial charge >= 0.3 is 5.69 Å². The molecule has 0 bridgehead atoms. The Balaban J connectivity index is 2.27. The number of hydrogen-bond acceptors (Lipinski definition) is 4. The lowest BCUT2D eigenvalue weighted by Crippen LogP contribution is -2.03. The van der Waals surface area contributed by atoms with Gasteiger partial charge in [0.1, 0.15) is 12.4 Å². The van der Waals surface area contributed by atoms with Gasteiger partial charge in [-0.1, -0.05) is 18.2 Å². The zero-order chi connectivity index (χ0) is 15.4. The molecule has 0 saturated heterocycles. The Bertz CT molecular complexity index is 705. The number of nitro groups is 1. The molecule has 21 heavy (non-hydrogen) atoms. The molecule has 0 radical (unpaired) electrons. The molecule has 0 spiro atoms. The first kappa shape index (κ1) is 15.1. The third-order valence-corrected chi connectivity index (χ3v) is 3.38. The minimum Gasteiger partial charge on any atom is -0.487 e. The van der Waals surface area contributed by atoms with Crippen molar-refractivity contribution in [2.45, 2.75) is 6.61 Å². The number of nitro benzene ring substituents is 1. The first-order valence-electron chi connectivity index (χ1n) is 5.83. The smallest absolute Gasteiger partial charge is 0.305 e. The molecule has 0 fully saturated rings. The first-order valence-corrected chi connectivity index (χ1v) is 6.62. The molecule has 0 aromatic heterocycles. The summed E-state index contributed by atoms with van der Waals surface area (Å²) in [5.41, 5.74) is -0.272. The Morgan fingerprint density at radius 1 is 1.29 bits per heavy atom. The van der Waals surface area contributed by atoms with Crippen LogP contribution in [0.3, 0.4) is 0 Å². The lowest BCUT2D eigenvalue weighted by molar-refractivity contribution is -0.387. The fraction of sp³-hybridized carbons (Fsp3) is 0.0714. The minimum atomic E-state index is -0.942. The van der Waals surface area contributed by atoms with Crippen LogP contribution in [0.25, 0.3) is 0 Å². The lowest BCUT2D eigenvalue weighted by atomic mass is 10.2. The van der Waals surface area contributed by atoms with E-state index in [0.29, 0.717) is 16.3 Å². The molecular formula is C14H9BrFNO4. The van der Waals surface area contributed by atoms with Crippen molar-refractivity contribution in [3.8, 4) is 5.75 Å². The average Bonchev–Trinajstić information content (AvgIpc) is 2.46. The third-order valence-electron chi connectivity index (χ3n) is 2.75. The van der Waals surface area contributed by atoms with E-state index in [0.717, 1.165) is 6.07 Å². The summed E-state index contributed by atoms with van der Waals surface area (Å²) >= 11 is 3.23. The van der Waals surface area contributed by atoms with Crippen molar-refractivity contribution < 1.29 is 18.8 Å². The van der Waals surface area contributed by atoms with Gasteiger partial charge in [0.15, 0.2) is 6.29 Å². The Morgan fingerprint density at radius 2 is 2.00 bits per heavy atom. The molecule has 0 aliphatic carbocycles. The number of hydrogen-bond donors (Lipinski definition) is 0. The quantitative estimate of drug-likeness (QED) is 0.464. The molecule has 2 rings (SSSR count). The molecule has 0 saturated carbocycles. The molecular weight excluding hydrogens is 345 g/mol. The van der Waals surface area contributed by atoms with E-state index < -0.39 is 16.4 Å². The van der Waals surface area contributed by atoms with Crippen molar-refractivity contribution in [2.75, 3.05) is 0 Å². The fourth-order valence-electron chi connectivity index (χ4n) is 1.74. The van der Waals surface area contributed by atoms with Crippen molar-refractivity contribution >= 4 is 27.9 Å². The van der Waals surface area contributed by atoms with Gasteiger partial charge < -0.3 is 4.74 Å². The third kappa shape index (κ3) is 3.25. The number of nitrogens with zero attached hydrogens (tertiary/aromatic N) is 1. The largest absolute Gasteiger partial charge is 0.487 e. The number of halogens is 2. The normalized spacial score (nSPS) is 10.2. The van der Waals surface area contributed by atoms with Crippen molar-refractivity contribution in [2.24, 2.45) is 0 Å². The van der Waals surface area contributed by atoms with Crippen LogP contribution >= 0.6 is 15.9 Å². The maximum absolute atomic E-state index is 13.9.